The zero-order chi connectivity index (χ0) is 20.1. The van der Waals surface area contributed by atoms with Gasteiger partial charge in [0.25, 0.3) is 0 Å². The molecule has 1 aliphatic rings. The molecule has 0 unspecified atom stereocenters. The van der Waals surface area contributed by atoms with Gasteiger partial charge in [0, 0.05) is 10.0 Å². The minimum absolute atomic E-state index is 0.0877. The van der Waals surface area contributed by atoms with E-state index >= 15 is 0 Å². The Balaban J connectivity index is 1.86. The summed E-state index contributed by atoms with van der Waals surface area (Å²) in [6.07, 6.45) is 2.41. The van der Waals surface area contributed by atoms with Gasteiger partial charge in [0.1, 0.15) is 5.75 Å². The number of nitrogens with zero attached hydrogens (tertiary/aromatic N) is 3. The quantitative estimate of drug-likeness (QED) is 0.450. The molecule has 1 fully saturated rings. The van der Waals surface area contributed by atoms with Crippen molar-refractivity contribution in [2.45, 2.75) is 32.1 Å². The number of methoxy groups -OCH3 is 1. The number of amides is 1. The number of amidine groups is 1. The maximum Gasteiger partial charge on any atom is 0.242 e. The number of hydrogen-bond donors (Lipinski definition) is 0. The fourth-order valence-corrected chi connectivity index (χ4v) is 4.30. The summed E-state index contributed by atoms with van der Waals surface area (Å²) in [4.78, 5) is 14.5. The van der Waals surface area contributed by atoms with E-state index in [0.29, 0.717) is 17.5 Å². The third kappa shape index (κ3) is 4.64. The van der Waals surface area contributed by atoms with Gasteiger partial charge in [-0.05, 0) is 42.7 Å². The molecule has 3 rings (SSSR count). The minimum Gasteiger partial charge on any atom is -0.496 e. The summed E-state index contributed by atoms with van der Waals surface area (Å²) < 4.78 is 6.29. The highest BCUT2D eigenvalue weighted by Gasteiger charge is 2.37. The lowest BCUT2D eigenvalue weighted by atomic mass is 10.1. The molecule has 0 aliphatic carbocycles. The molecule has 0 saturated carbocycles. The Labute approximate surface area is 178 Å². The largest absolute Gasteiger partial charge is 0.496 e. The second-order valence-electron chi connectivity index (χ2n) is 6.38. The maximum absolute atomic E-state index is 12.8. The van der Waals surface area contributed by atoms with Crippen LogP contribution in [-0.4, -0.2) is 34.5 Å². The molecule has 0 radical (unpaired) electrons. The summed E-state index contributed by atoms with van der Waals surface area (Å²) in [5.74, 6) is 0.801. The first-order chi connectivity index (χ1) is 13.5. The Kier molecular flexibility index (Phi) is 6.91. The van der Waals surface area contributed by atoms with E-state index in [-0.39, 0.29) is 11.2 Å². The van der Waals surface area contributed by atoms with Crippen molar-refractivity contribution < 1.29 is 9.53 Å². The molecule has 0 spiro atoms. The maximum atomic E-state index is 12.8. The molecule has 0 N–H and O–H groups in total. The van der Waals surface area contributed by atoms with Gasteiger partial charge >= 0.3 is 0 Å². The molecular formula is C21H22BrN3O2S. The number of carbonyl (C=O) groups is 1. The monoisotopic (exact) mass is 459 g/mol. The molecule has 1 aliphatic heterocycles. The van der Waals surface area contributed by atoms with Crippen LogP contribution in [0.25, 0.3) is 0 Å². The van der Waals surface area contributed by atoms with E-state index in [1.54, 1.807) is 18.2 Å². The Morgan fingerprint density at radius 1 is 1.29 bits per heavy atom. The van der Waals surface area contributed by atoms with Crippen molar-refractivity contribution in [3.8, 4) is 5.75 Å². The summed E-state index contributed by atoms with van der Waals surface area (Å²) in [7, 11) is 1.62. The number of halogens is 1. The lowest BCUT2D eigenvalue weighted by Crippen LogP contribution is -2.31. The fraction of sp³-hybridized carbons (Fsp3) is 0.286. The average molecular weight is 460 g/mol. The van der Waals surface area contributed by atoms with E-state index < -0.39 is 0 Å². The molecule has 7 heteroatoms. The molecular weight excluding hydrogens is 438 g/mol. The molecule has 5 nitrogen and oxygen atoms in total. The number of carbonyl (C=O) groups excluding carboxylic acids is 1. The molecule has 0 bridgehead atoms. The molecule has 2 aromatic carbocycles. The first-order valence-corrected chi connectivity index (χ1v) is 10.7. The zero-order valence-corrected chi connectivity index (χ0v) is 18.5. The van der Waals surface area contributed by atoms with Crippen LogP contribution in [0, 0.1) is 6.92 Å². The van der Waals surface area contributed by atoms with Crippen molar-refractivity contribution in [2.75, 3.05) is 7.11 Å². The van der Waals surface area contributed by atoms with Crippen molar-refractivity contribution in [1.29, 1.82) is 0 Å². The van der Waals surface area contributed by atoms with Crippen molar-refractivity contribution in [2.24, 2.45) is 10.2 Å². The van der Waals surface area contributed by atoms with E-state index in [1.165, 1.54) is 11.8 Å². The minimum atomic E-state index is -0.113. The highest BCUT2D eigenvalue weighted by Crippen LogP contribution is 2.31. The van der Waals surface area contributed by atoms with Gasteiger partial charge in [-0.3, -0.25) is 9.69 Å². The predicted molar refractivity (Wildman–Crippen MR) is 119 cm³/mol. The fourth-order valence-electron chi connectivity index (χ4n) is 2.89. The van der Waals surface area contributed by atoms with Crippen LogP contribution in [0.3, 0.4) is 0 Å². The molecule has 1 heterocycles. The normalized spacial score (nSPS) is 18.4. The van der Waals surface area contributed by atoms with Crippen LogP contribution in [0.5, 0.6) is 5.75 Å². The summed E-state index contributed by atoms with van der Waals surface area (Å²) in [6, 6.07) is 13.8. The van der Waals surface area contributed by atoms with Gasteiger partial charge in [-0.1, -0.05) is 58.9 Å². The Morgan fingerprint density at radius 2 is 2.07 bits per heavy atom. The highest BCUT2D eigenvalue weighted by molar-refractivity contribution is 9.10. The van der Waals surface area contributed by atoms with E-state index in [1.807, 2.05) is 43.3 Å². The topological polar surface area (TPSA) is 54.3 Å². The van der Waals surface area contributed by atoms with E-state index in [2.05, 4.69) is 39.1 Å². The first-order valence-electron chi connectivity index (χ1n) is 9.00. The van der Waals surface area contributed by atoms with Crippen LogP contribution in [0.4, 0.5) is 0 Å². The van der Waals surface area contributed by atoms with Gasteiger partial charge in [-0.15, -0.1) is 5.10 Å². The molecule has 1 saturated heterocycles. The summed E-state index contributed by atoms with van der Waals surface area (Å²) in [5, 5.41) is 9.12. The van der Waals surface area contributed by atoms with Gasteiger partial charge in [0.2, 0.25) is 5.91 Å². The van der Waals surface area contributed by atoms with Crippen molar-refractivity contribution >= 4 is 45.0 Å². The number of hydrogen-bond acceptors (Lipinski definition) is 5. The molecule has 1 atom stereocenters. The summed E-state index contributed by atoms with van der Waals surface area (Å²) in [6.45, 7) is 4.57. The van der Waals surface area contributed by atoms with Gasteiger partial charge in [-0.2, -0.15) is 5.10 Å². The van der Waals surface area contributed by atoms with Gasteiger partial charge < -0.3 is 4.74 Å². The van der Waals surface area contributed by atoms with Crippen LogP contribution >= 0.6 is 27.7 Å². The van der Waals surface area contributed by atoms with Gasteiger partial charge in [-0.25, -0.2) is 0 Å². The van der Waals surface area contributed by atoms with E-state index in [9.17, 15) is 4.79 Å². The Bertz CT molecular complexity index is 930. The number of ether oxygens (including phenoxy) is 1. The molecule has 2 aromatic rings. The van der Waals surface area contributed by atoms with Gasteiger partial charge in [0.05, 0.1) is 25.1 Å². The van der Waals surface area contributed by atoms with Crippen molar-refractivity contribution in [3.63, 3.8) is 0 Å². The number of rotatable bonds is 6. The lowest BCUT2D eigenvalue weighted by Gasteiger charge is -2.17. The molecule has 28 heavy (non-hydrogen) atoms. The van der Waals surface area contributed by atoms with Crippen molar-refractivity contribution in [3.05, 3.63) is 63.6 Å². The second-order valence-corrected chi connectivity index (χ2v) is 8.46. The van der Waals surface area contributed by atoms with Crippen LogP contribution in [0.2, 0.25) is 0 Å². The smallest absolute Gasteiger partial charge is 0.242 e. The predicted octanol–water partition coefficient (Wildman–Crippen LogP) is 5.01. The highest BCUT2D eigenvalue weighted by atomic mass is 79.9. The van der Waals surface area contributed by atoms with Gasteiger partial charge in [0.15, 0.2) is 5.17 Å². The van der Waals surface area contributed by atoms with Crippen LogP contribution in [0.1, 0.15) is 30.0 Å². The third-order valence-electron chi connectivity index (χ3n) is 4.51. The molecule has 0 aromatic heterocycles. The molecule has 1 amide bonds. The van der Waals surface area contributed by atoms with Crippen molar-refractivity contribution in [1.82, 2.24) is 4.90 Å². The Morgan fingerprint density at radius 3 is 2.79 bits per heavy atom. The average Bonchev–Trinajstić information content (AvgIpc) is 2.99. The van der Waals surface area contributed by atoms with Crippen LogP contribution < -0.4 is 4.74 Å². The Hall–Kier alpha value is -2.12. The van der Waals surface area contributed by atoms with Crippen LogP contribution in [-0.2, 0) is 11.3 Å². The summed E-state index contributed by atoms with van der Waals surface area (Å²) >= 11 is 4.92. The number of aryl methyl sites for hydroxylation is 1. The zero-order valence-electron chi connectivity index (χ0n) is 16.1. The number of thioether (sulfide) groups is 1. The van der Waals surface area contributed by atoms with E-state index in [4.69, 9.17) is 4.74 Å². The van der Waals surface area contributed by atoms with E-state index in [0.717, 1.165) is 27.6 Å². The lowest BCUT2D eigenvalue weighted by molar-refractivity contribution is -0.126. The van der Waals surface area contributed by atoms with Crippen LogP contribution in [0.15, 0.2) is 57.1 Å². The first kappa shape index (κ1) is 20.6. The summed E-state index contributed by atoms with van der Waals surface area (Å²) in [5.41, 5.74) is 3.08. The second kappa shape index (κ2) is 9.39. The number of benzene rings is 2. The standard InChI is InChI=1S/C21H22BrN3O2S/c1-4-19-20(26)25(13-15-8-6-5-7-14(15)2)21(28-19)24-23-12-16-11-17(22)9-10-18(16)27-3/h5-12,19H,4,13H2,1-3H3/b23-12-,24-21-/t19-/m1/s1. The molecule has 146 valence electrons. The SMILES string of the molecule is CC[C@H]1S/C(=N\N=C/c2cc(Br)ccc2OC)N(Cc2ccccc2C)C1=O. The third-order valence-corrected chi connectivity index (χ3v) is 6.34.